The summed E-state index contributed by atoms with van der Waals surface area (Å²) in [4.78, 5) is 3.85. The Morgan fingerprint density at radius 2 is 2.67 bits per heavy atom. The highest BCUT2D eigenvalue weighted by Gasteiger charge is 2.06. The molecule has 4 heteroatoms. The van der Waals surface area contributed by atoms with E-state index in [0.29, 0.717) is 5.01 Å². The molecule has 0 bridgehead atoms. The molecule has 0 radical (unpaired) electrons. The summed E-state index contributed by atoms with van der Waals surface area (Å²) in [7, 11) is 0. The maximum Gasteiger partial charge on any atom is 0.171 e. The second-order valence-electron chi connectivity index (χ2n) is 1.36. The first kappa shape index (κ1) is 6.53. The van der Waals surface area contributed by atoms with Crippen molar-refractivity contribution in [2.45, 2.75) is 5.38 Å². The molecule has 1 atom stereocenters. The van der Waals surface area contributed by atoms with E-state index in [2.05, 4.69) is 4.98 Å². The van der Waals surface area contributed by atoms with E-state index in [1.165, 1.54) is 11.3 Å². The molecule has 1 unspecified atom stereocenters. The van der Waals surface area contributed by atoms with Gasteiger partial charge in [0.05, 0.1) is 6.07 Å². The SMILES string of the molecule is N#CC(Cl)c1nccs1. The molecule has 9 heavy (non-hydrogen) atoms. The number of rotatable bonds is 1. The zero-order chi connectivity index (χ0) is 6.69. The summed E-state index contributed by atoms with van der Waals surface area (Å²) in [6.45, 7) is 0. The lowest BCUT2D eigenvalue weighted by atomic mass is 10.5. The molecule has 1 rings (SSSR count). The first-order chi connectivity index (χ1) is 4.34. The van der Waals surface area contributed by atoms with Gasteiger partial charge in [0.2, 0.25) is 0 Å². The summed E-state index contributed by atoms with van der Waals surface area (Å²) in [5.74, 6) is 0. The Balaban J connectivity index is 2.80. The van der Waals surface area contributed by atoms with Gasteiger partial charge in [-0.25, -0.2) is 4.98 Å². The van der Waals surface area contributed by atoms with Gasteiger partial charge in [-0.15, -0.1) is 11.3 Å². The van der Waals surface area contributed by atoms with Crippen LogP contribution < -0.4 is 0 Å². The van der Waals surface area contributed by atoms with Crippen LogP contribution >= 0.6 is 22.9 Å². The van der Waals surface area contributed by atoms with Crippen LogP contribution in [-0.4, -0.2) is 4.98 Å². The van der Waals surface area contributed by atoms with E-state index >= 15 is 0 Å². The van der Waals surface area contributed by atoms with Crippen LogP contribution in [0, 0.1) is 11.3 Å². The van der Waals surface area contributed by atoms with Crippen molar-refractivity contribution < 1.29 is 0 Å². The Morgan fingerprint density at radius 1 is 1.89 bits per heavy atom. The van der Waals surface area contributed by atoms with Gasteiger partial charge in [0.25, 0.3) is 0 Å². The molecule has 0 aromatic carbocycles. The number of halogens is 1. The van der Waals surface area contributed by atoms with E-state index in [0.717, 1.165) is 0 Å². The summed E-state index contributed by atoms with van der Waals surface area (Å²) in [6.07, 6.45) is 1.63. The fourth-order valence-electron chi connectivity index (χ4n) is 0.415. The topological polar surface area (TPSA) is 36.7 Å². The maximum atomic E-state index is 8.29. The quantitative estimate of drug-likeness (QED) is 0.586. The molecule has 0 aliphatic heterocycles. The lowest BCUT2D eigenvalue weighted by molar-refractivity contribution is 1.15. The molecule has 0 fully saturated rings. The molecule has 2 nitrogen and oxygen atoms in total. The molecule has 0 aliphatic carbocycles. The highest BCUT2D eigenvalue weighted by atomic mass is 35.5. The molecule has 0 spiro atoms. The van der Waals surface area contributed by atoms with Crippen LogP contribution in [-0.2, 0) is 0 Å². The van der Waals surface area contributed by atoms with Gasteiger partial charge in [0.15, 0.2) is 5.38 Å². The third-order valence-electron chi connectivity index (χ3n) is 0.782. The lowest BCUT2D eigenvalue weighted by Gasteiger charge is -1.88. The van der Waals surface area contributed by atoms with Crippen molar-refractivity contribution >= 4 is 22.9 Å². The highest BCUT2D eigenvalue weighted by Crippen LogP contribution is 2.20. The Hall–Kier alpha value is -0.590. The lowest BCUT2D eigenvalue weighted by Crippen LogP contribution is -1.81. The van der Waals surface area contributed by atoms with Crippen LogP contribution in [0.3, 0.4) is 0 Å². The monoisotopic (exact) mass is 158 g/mol. The first-order valence-electron chi connectivity index (χ1n) is 2.27. The average molecular weight is 159 g/mol. The van der Waals surface area contributed by atoms with E-state index in [4.69, 9.17) is 16.9 Å². The summed E-state index contributed by atoms with van der Waals surface area (Å²) in [5, 5.41) is 10.2. The van der Waals surface area contributed by atoms with Gasteiger partial charge in [-0.05, 0) is 0 Å². The number of thiazole rings is 1. The van der Waals surface area contributed by atoms with Crippen molar-refractivity contribution in [3.8, 4) is 6.07 Å². The predicted octanol–water partition coefficient (Wildman–Crippen LogP) is 1.95. The van der Waals surface area contributed by atoms with Crippen LogP contribution in [0.2, 0.25) is 0 Å². The van der Waals surface area contributed by atoms with Crippen LogP contribution in [0.1, 0.15) is 10.4 Å². The standard InChI is InChI=1S/C5H3ClN2S/c6-4(3-7)5-8-1-2-9-5/h1-2,4H. The number of hydrogen-bond acceptors (Lipinski definition) is 3. The Kier molecular flexibility index (Phi) is 2.04. The van der Waals surface area contributed by atoms with Crippen molar-refractivity contribution in [2.75, 3.05) is 0 Å². The largest absolute Gasteiger partial charge is 0.247 e. The van der Waals surface area contributed by atoms with Crippen LogP contribution in [0.25, 0.3) is 0 Å². The van der Waals surface area contributed by atoms with Crippen molar-refractivity contribution in [1.29, 1.82) is 5.26 Å². The van der Waals surface area contributed by atoms with Crippen LogP contribution in [0.15, 0.2) is 11.6 Å². The summed E-state index contributed by atoms with van der Waals surface area (Å²) < 4.78 is 0. The Morgan fingerprint density at radius 3 is 3.11 bits per heavy atom. The van der Waals surface area contributed by atoms with Crippen molar-refractivity contribution in [3.05, 3.63) is 16.6 Å². The first-order valence-corrected chi connectivity index (χ1v) is 3.59. The maximum absolute atomic E-state index is 8.29. The van der Waals surface area contributed by atoms with Gasteiger partial charge < -0.3 is 0 Å². The van der Waals surface area contributed by atoms with Crippen molar-refractivity contribution in [3.63, 3.8) is 0 Å². The molecule has 0 saturated carbocycles. The smallest absolute Gasteiger partial charge is 0.171 e. The van der Waals surface area contributed by atoms with Gasteiger partial charge in [-0.1, -0.05) is 11.6 Å². The molecule has 0 aliphatic rings. The molecule has 0 amide bonds. The Labute approximate surface area is 61.7 Å². The van der Waals surface area contributed by atoms with Gasteiger partial charge in [0.1, 0.15) is 5.01 Å². The molecule has 0 saturated heterocycles. The summed E-state index contributed by atoms with van der Waals surface area (Å²) in [6, 6.07) is 1.88. The normalized spacial score (nSPS) is 12.4. The van der Waals surface area contributed by atoms with E-state index in [9.17, 15) is 0 Å². The molecule has 1 aromatic rings. The Bertz CT molecular complexity index is 213. The van der Waals surface area contributed by atoms with E-state index in [1.54, 1.807) is 11.6 Å². The second kappa shape index (κ2) is 2.81. The van der Waals surface area contributed by atoms with Crippen molar-refractivity contribution in [1.82, 2.24) is 4.98 Å². The number of nitriles is 1. The van der Waals surface area contributed by atoms with Gasteiger partial charge in [-0.3, -0.25) is 0 Å². The van der Waals surface area contributed by atoms with Gasteiger partial charge in [-0.2, -0.15) is 5.26 Å². The third-order valence-corrected chi connectivity index (χ3v) is 2.06. The summed E-state index contributed by atoms with van der Waals surface area (Å²) >= 11 is 6.91. The molecule has 46 valence electrons. The minimum atomic E-state index is -0.579. The van der Waals surface area contributed by atoms with Crippen molar-refractivity contribution in [2.24, 2.45) is 0 Å². The zero-order valence-electron chi connectivity index (χ0n) is 4.41. The molecule has 1 heterocycles. The number of alkyl halides is 1. The molecular weight excluding hydrogens is 156 g/mol. The fourth-order valence-corrected chi connectivity index (χ4v) is 1.18. The van der Waals surface area contributed by atoms with Gasteiger partial charge in [0, 0.05) is 11.6 Å². The zero-order valence-corrected chi connectivity index (χ0v) is 5.99. The second-order valence-corrected chi connectivity index (χ2v) is 2.72. The summed E-state index contributed by atoms with van der Waals surface area (Å²) in [5.41, 5.74) is 0. The third kappa shape index (κ3) is 1.41. The molecule has 0 N–H and O–H groups in total. The minimum absolute atomic E-state index is 0.579. The van der Waals surface area contributed by atoms with E-state index in [-0.39, 0.29) is 0 Å². The number of aromatic nitrogens is 1. The van der Waals surface area contributed by atoms with E-state index < -0.39 is 5.38 Å². The average Bonchev–Trinajstić information content (AvgIpc) is 2.37. The van der Waals surface area contributed by atoms with Crippen LogP contribution in [0.4, 0.5) is 0 Å². The predicted molar refractivity (Wildman–Crippen MR) is 36.3 cm³/mol. The van der Waals surface area contributed by atoms with Gasteiger partial charge >= 0.3 is 0 Å². The number of hydrogen-bond donors (Lipinski definition) is 0. The molecular formula is C5H3ClN2S. The number of nitrogens with zero attached hydrogens (tertiary/aromatic N) is 2. The fraction of sp³-hybridized carbons (Fsp3) is 0.200. The van der Waals surface area contributed by atoms with E-state index in [1.807, 2.05) is 6.07 Å². The highest BCUT2D eigenvalue weighted by molar-refractivity contribution is 7.09. The minimum Gasteiger partial charge on any atom is -0.247 e. The molecule has 1 aromatic heterocycles. The van der Waals surface area contributed by atoms with Crippen LogP contribution in [0.5, 0.6) is 0 Å².